The number of fused-ring (bicyclic) bond motifs is 10. The van der Waals surface area contributed by atoms with Gasteiger partial charge in [-0.3, -0.25) is 0 Å². The van der Waals surface area contributed by atoms with Crippen LogP contribution in [0.5, 0.6) is 0 Å². The summed E-state index contributed by atoms with van der Waals surface area (Å²) >= 11 is 0. The van der Waals surface area contributed by atoms with Crippen molar-refractivity contribution in [2.75, 3.05) is 0 Å². The summed E-state index contributed by atoms with van der Waals surface area (Å²) in [7, 11) is 0. The third-order valence-corrected chi connectivity index (χ3v) is 12.8. The monoisotopic (exact) mass is 714 g/mol. The van der Waals surface area contributed by atoms with E-state index < -0.39 is 0 Å². The fourth-order valence-corrected chi connectivity index (χ4v) is 10.1. The molecule has 12 rings (SSSR count). The van der Waals surface area contributed by atoms with Gasteiger partial charge in [0.05, 0.1) is 0 Å². The standard InChI is InChI=1S/C55H38O/c1-55(2)49-25-24-37(28-46(49)47-29-40-32-52-48(30-39(40)31-50(47)55)41-14-10-11-19-51(41)56-52)35-20-21-36-27-38(23-22-34(36)26-35)54-44-17-8-6-15-42(44)53(33-12-4-3-5-13-33)43-16-7-9-18-45(43)54/h3-10,12-18,20-32H,11,19H2,1-2H3. The first-order valence-corrected chi connectivity index (χ1v) is 19.9. The Bertz CT molecular complexity index is 3260. The smallest absolute Gasteiger partial charge is 0.135 e. The van der Waals surface area contributed by atoms with Gasteiger partial charge >= 0.3 is 0 Å². The number of aryl methyl sites for hydroxylation is 1. The number of hydrogen-bond donors (Lipinski definition) is 0. The van der Waals surface area contributed by atoms with Crippen molar-refractivity contribution in [1.29, 1.82) is 0 Å². The number of rotatable bonds is 3. The Morgan fingerprint density at radius 3 is 1.77 bits per heavy atom. The molecule has 0 atom stereocenters. The molecule has 1 heterocycles. The first kappa shape index (κ1) is 31.6. The van der Waals surface area contributed by atoms with Crippen molar-refractivity contribution >= 4 is 60.1 Å². The molecule has 1 nitrogen and oxygen atoms in total. The quantitative estimate of drug-likeness (QED) is 0.166. The first-order valence-electron chi connectivity index (χ1n) is 19.9. The van der Waals surface area contributed by atoms with Gasteiger partial charge in [-0.25, -0.2) is 0 Å². The minimum atomic E-state index is -0.0878. The Balaban J connectivity index is 0.962. The van der Waals surface area contributed by atoms with Crippen LogP contribution in [-0.2, 0) is 11.8 Å². The lowest BCUT2D eigenvalue weighted by Crippen LogP contribution is -2.14. The third kappa shape index (κ3) is 4.55. The molecule has 264 valence electrons. The van der Waals surface area contributed by atoms with Crippen LogP contribution in [0.4, 0.5) is 0 Å². The summed E-state index contributed by atoms with van der Waals surface area (Å²) in [5.41, 5.74) is 15.2. The molecule has 56 heavy (non-hydrogen) atoms. The van der Waals surface area contributed by atoms with E-state index in [0.29, 0.717) is 0 Å². The van der Waals surface area contributed by atoms with Gasteiger partial charge in [0.1, 0.15) is 11.3 Å². The fraction of sp³-hybridized carbons (Fsp3) is 0.0909. The lowest BCUT2D eigenvalue weighted by atomic mass is 9.81. The van der Waals surface area contributed by atoms with Crippen molar-refractivity contribution in [2.24, 2.45) is 0 Å². The molecule has 0 radical (unpaired) electrons. The number of benzene rings is 9. The molecule has 0 saturated heterocycles. The lowest BCUT2D eigenvalue weighted by Gasteiger charge is -2.22. The summed E-state index contributed by atoms with van der Waals surface area (Å²) in [6.45, 7) is 4.75. The van der Waals surface area contributed by atoms with E-state index in [2.05, 4.69) is 184 Å². The van der Waals surface area contributed by atoms with Crippen molar-refractivity contribution in [3.8, 4) is 44.5 Å². The van der Waals surface area contributed by atoms with Crippen molar-refractivity contribution in [2.45, 2.75) is 32.1 Å². The molecule has 0 unspecified atom stereocenters. The largest absolute Gasteiger partial charge is 0.460 e. The zero-order chi connectivity index (χ0) is 37.1. The number of furan rings is 1. The highest BCUT2D eigenvalue weighted by atomic mass is 16.3. The van der Waals surface area contributed by atoms with Crippen LogP contribution in [0.3, 0.4) is 0 Å². The van der Waals surface area contributed by atoms with Gasteiger partial charge in [-0.2, -0.15) is 0 Å². The predicted molar refractivity (Wildman–Crippen MR) is 237 cm³/mol. The molecule has 1 heteroatoms. The Kier molecular flexibility index (Phi) is 6.58. The molecule has 2 aliphatic carbocycles. The van der Waals surface area contributed by atoms with Gasteiger partial charge in [0, 0.05) is 22.8 Å². The highest BCUT2D eigenvalue weighted by molar-refractivity contribution is 6.21. The van der Waals surface area contributed by atoms with Crippen molar-refractivity contribution < 1.29 is 4.42 Å². The van der Waals surface area contributed by atoms with Crippen LogP contribution >= 0.6 is 0 Å². The predicted octanol–water partition coefficient (Wildman–Crippen LogP) is 15.3. The molecule has 0 aliphatic heterocycles. The highest BCUT2D eigenvalue weighted by Crippen LogP contribution is 2.52. The molecule has 10 aromatic rings. The van der Waals surface area contributed by atoms with Crippen molar-refractivity contribution in [1.82, 2.24) is 0 Å². The zero-order valence-electron chi connectivity index (χ0n) is 31.5. The van der Waals surface area contributed by atoms with Gasteiger partial charge < -0.3 is 4.42 Å². The van der Waals surface area contributed by atoms with Crippen LogP contribution in [0.25, 0.3) is 105 Å². The minimum Gasteiger partial charge on any atom is -0.460 e. The highest BCUT2D eigenvalue weighted by Gasteiger charge is 2.36. The molecule has 2 aliphatic rings. The maximum atomic E-state index is 6.38. The normalized spacial score (nSPS) is 14.2. The van der Waals surface area contributed by atoms with Crippen LogP contribution in [0.1, 0.15) is 42.7 Å². The Morgan fingerprint density at radius 2 is 1.04 bits per heavy atom. The van der Waals surface area contributed by atoms with Crippen LogP contribution in [0.2, 0.25) is 0 Å². The van der Waals surface area contributed by atoms with E-state index >= 15 is 0 Å². The molecule has 0 fully saturated rings. The molecule has 9 aromatic carbocycles. The van der Waals surface area contributed by atoms with E-state index in [1.807, 2.05) is 0 Å². The van der Waals surface area contributed by atoms with E-state index in [1.165, 1.54) is 110 Å². The second-order valence-corrected chi connectivity index (χ2v) is 16.3. The second kappa shape index (κ2) is 11.7. The van der Waals surface area contributed by atoms with Crippen LogP contribution < -0.4 is 0 Å². The summed E-state index contributed by atoms with van der Waals surface area (Å²) in [4.78, 5) is 0. The molecule has 0 bridgehead atoms. The van der Waals surface area contributed by atoms with E-state index in [0.717, 1.165) is 24.2 Å². The lowest BCUT2D eigenvalue weighted by molar-refractivity contribution is 0.546. The van der Waals surface area contributed by atoms with Gasteiger partial charge in [-0.15, -0.1) is 0 Å². The van der Waals surface area contributed by atoms with Crippen LogP contribution in [0, 0.1) is 0 Å². The van der Waals surface area contributed by atoms with Crippen LogP contribution in [-0.4, -0.2) is 0 Å². The molecular formula is C55H38O. The minimum absolute atomic E-state index is 0.0878. The number of allylic oxidation sites excluding steroid dienone is 1. The van der Waals surface area contributed by atoms with Gasteiger partial charge in [-0.1, -0.05) is 141 Å². The molecule has 0 saturated carbocycles. The average molecular weight is 715 g/mol. The van der Waals surface area contributed by atoms with E-state index in [9.17, 15) is 0 Å². The zero-order valence-corrected chi connectivity index (χ0v) is 31.5. The van der Waals surface area contributed by atoms with Crippen LogP contribution in [0.15, 0.2) is 168 Å². The van der Waals surface area contributed by atoms with Crippen molar-refractivity contribution in [3.63, 3.8) is 0 Å². The maximum Gasteiger partial charge on any atom is 0.135 e. The molecule has 0 spiro atoms. The topological polar surface area (TPSA) is 13.1 Å². The second-order valence-electron chi connectivity index (χ2n) is 16.3. The van der Waals surface area contributed by atoms with E-state index in [1.54, 1.807) is 0 Å². The molecule has 0 amide bonds. The van der Waals surface area contributed by atoms with Gasteiger partial charge in [-0.05, 0) is 148 Å². The molecular weight excluding hydrogens is 677 g/mol. The Labute approximate surface area is 326 Å². The van der Waals surface area contributed by atoms with Crippen molar-refractivity contribution in [3.05, 3.63) is 186 Å². The number of hydrogen-bond acceptors (Lipinski definition) is 1. The Morgan fingerprint density at radius 1 is 0.446 bits per heavy atom. The van der Waals surface area contributed by atoms with E-state index in [4.69, 9.17) is 4.42 Å². The van der Waals surface area contributed by atoms with Gasteiger partial charge in [0.25, 0.3) is 0 Å². The van der Waals surface area contributed by atoms with Gasteiger partial charge in [0.2, 0.25) is 0 Å². The Hall–Kier alpha value is -6.70. The average Bonchev–Trinajstić information content (AvgIpc) is 3.71. The molecule has 1 aromatic heterocycles. The summed E-state index contributed by atoms with van der Waals surface area (Å²) in [6, 6.07) is 59.1. The summed E-state index contributed by atoms with van der Waals surface area (Å²) < 4.78 is 6.38. The maximum absolute atomic E-state index is 6.38. The summed E-state index contributed by atoms with van der Waals surface area (Å²) in [5.74, 6) is 1.12. The summed E-state index contributed by atoms with van der Waals surface area (Å²) in [5, 5.41) is 11.3. The fourth-order valence-electron chi connectivity index (χ4n) is 10.1. The SMILES string of the molecule is CC1(C)c2ccc(-c3ccc4cc(-c5c6ccccc6c(-c6ccccc6)c6ccccc56)ccc4c3)cc2-c2cc3cc4oc5c(c4cc3cc21)C=CCC5. The first-order chi connectivity index (χ1) is 27.5. The molecule has 0 N–H and O–H groups in total. The van der Waals surface area contributed by atoms with E-state index in [-0.39, 0.29) is 5.41 Å². The summed E-state index contributed by atoms with van der Waals surface area (Å²) in [6.07, 6.45) is 6.53. The van der Waals surface area contributed by atoms with Gasteiger partial charge in [0.15, 0.2) is 0 Å². The third-order valence-electron chi connectivity index (χ3n) is 12.8.